The molecule has 1 saturated carbocycles. The number of fused-ring (bicyclic) bond motifs is 1. The SMILES string of the molecule is NC1(CCc2cccc3c2OCCCO3)CC1. The molecule has 0 saturated heterocycles. The van der Waals surface area contributed by atoms with Gasteiger partial charge >= 0.3 is 0 Å². The summed E-state index contributed by atoms with van der Waals surface area (Å²) in [7, 11) is 0. The minimum absolute atomic E-state index is 0.105. The largest absolute Gasteiger partial charge is 0.490 e. The summed E-state index contributed by atoms with van der Waals surface area (Å²) in [5.74, 6) is 1.83. The highest BCUT2D eigenvalue weighted by atomic mass is 16.5. The molecule has 1 aromatic rings. The number of nitrogens with two attached hydrogens (primary N) is 1. The number of para-hydroxylation sites is 1. The van der Waals surface area contributed by atoms with Gasteiger partial charge in [-0.25, -0.2) is 0 Å². The molecule has 3 nitrogen and oxygen atoms in total. The maximum Gasteiger partial charge on any atom is 0.164 e. The van der Waals surface area contributed by atoms with Gasteiger partial charge in [0, 0.05) is 12.0 Å². The molecule has 3 heteroatoms. The summed E-state index contributed by atoms with van der Waals surface area (Å²) in [4.78, 5) is 0. The quantitative estimate of drug-likeness (QED) is 0.871. The van der Waals surface area contributed by atoms with Crippen molar-refractivity contribution >= 4 is 0 Å². The van der Waals surface area contributed by atoms with Crippen LogP contribution in [0.1, 0.15) is 31.2 Å². The Morgan fingerprint density at radius 3 is 2.82 bits per heavy atom. The van der Waals surface area contributed by atoms with Gasteiger partial charge < -0.3 is 15.2 Å². The van der Waals surface area contributed by atoms with Crippen molar-refractivity contribution in [3.8, 4) is 11.5 Å². The summed E-state index contributed by atoms with van der Waals surface area (Å²) in [6, 6.07) is 6.15. The molecule has 1 fully saturated rings. The fraction of sp³-hybridized carbons (Fsp3) is 0.571. The molecule has 1 aromatic carbocycles. The predicted molar refractivity (Wildman–Crippen MR) is 66.5 cm³/mol. The van der Waals surface area contributed by atoms with Gasteiger partial charge in [-0.3, -0.25) is 0 Å². The van der Waals surface area contributed by atoms with Crippen LogP contribution in [0.2, 0.25) is 0 Å². The highest BCUT2D eigenvalue weighted by Gasteiger charge is 2.37. The zero-order chi connectivity index (χ0) is 11.7. The predicted octanol–water partition coefficient (Wildman–Crippen LogP) is 2.27. The molecular weight excluding hydrogens is 214 g/mol. The van der Waals surface area contributed by atoms with Crippen LogP contribution >= 0.6 is 0 Å². The van der Waals surface area contributed by atoms with Gasteiger partial charge in [-0.05, 0) is 37.3 Å². The van der Waals surface area contributed by atoms with Crippen molar-refractivity contribution in [2.45, 2.75) is 37.6 Å². The molecule has 0 bridgehead atoms. The Labute approximate surface area is 102 Å². The lowest BCUT2D eigenvalue weighted by atomic mass is 10.0. The summed E-state index contributed by atoms with van der Waals surface area (Å²) < 4.78 is 11.5. The third-order valence-corrected chi connectivity index (χ3v) is 3.64. The Balaban J connectivity index is 1.78. The van der Waals surface area contributed by atoms with Crippen LogP contribution in [0.5, 0.6) is 11.5 Å². The first-order valence-electron chi connectivity index (χ1n) is 6.43. The molecule has 3 rings (SSSR count). The number of ether oxygens (including phenoxy) is 2. The van der Waals surface area contributed by atoms with Crippen molar-refractivity contribution in [2.24, 2.45) is 5.73 Å². The molecule has 1 heterocycles. The van der Waals surface area contributed by atoms with Crippen molar-refractivity contribution in [3.05, 3.63) is 23.8 Å². The maximum absolute atomic E-state index is 6.13. The molecule has 1 aliphatic carbocycles. The molecule has 0 atom stereocenters. The van der Waals surface area contributed by atoms with E-state index < -0.39 is 0 Å². The number of rotatable bonds is 3. The second-order valence-corrected chi connectivity index (χ2v) is 5.16. The van der Waals surface area contributed by atoms with Crippen LogP contribution in [-0.2, 0) is 6.42 Å². The summed E-state index contributed by atoms with van der Waals surface area (Å²) in [6.07, 6.45) is 5.32. The summed E-state index contributed by atoms with van der Waals surface area (Å²) >= 11 is 0. The highest BCUT2D eigenvalue weighted by Crippen LogP contribution is 2.39. The first kappa shape index (κ1) is 10.9. The first-order chi connectivity index (χ1) is 8.27. The zero-order valence-corrected chi connectivity index (χ0v) is 10.1. The van der Waals surface area contributed by atoms with Crippen LogP contribution in [0.25, 0.3) is 0 Å². The molecule has 1 aliphatic heterocycles. The van der Waals surface area contributed by atoms with Gasteiger partial charge in [0.2, 0.25) is 0 Å². The lowest BCUT2D eigenvalue weighted by molar-refractivity contribution is 0.296. The van der Waals surface area contributed by atoms with E-state index in [0.29, 0.717) is 0 Å². The Morgan fingerprint density at radius 1 is 1.18 bits per heavy atom. The van der Waals surface area contributed by atoms with E-state index in [1.807, 2.05) is 12.1 Å². The normalized spacial score (nSPS) is 20.8. The number of benzene rings is 1. The second kappa shape index (κ2) is 4.22. The minimum atomic E-state index is 0.105. The van der Waals surface area contributed by atoms with Gasteiger partial charge in [0.1, 0.15) is 0 Å². The molecule has 0 unspecified atom stereocenters. The maximum atomic E-state index is 6.13. The number of aryl methyl sites for hydroxylation is 1. The van der Waals surface area contributed by atoms with Crippen molar-refractivity contribution in [1.82, 2.24) is 0 Å². The van der Waals surface area contributed by atoms with E-state index in [-0.39, 0.29) is 5.54 Å². The Morgan fingerprint density at radius 2 is 2.00 bits per heavy atom. The molecule has 17 heavy (non-hydrogen) atoms. The first-order valence-corrected chi connectivity index (χ1v) is 6.43. The van der Waals surface area contributed by atoms with E-state index in [9.17, 15) is 0 Å². The standard InChI is InChI=1S/C14H19NO2/c15-14(7-8-14)6-5-11-3-1-4-12-13(11)17-10-2-9-16-12/h1,3-4H,2,5-10,15H2. The van der Waals surface area contributed by atoms with Crippen molar-refractivity contribution < 1.29 is 9.47 Å². The lowest BCUT2D eigenvalue weighted by Gasteiger charge is -2.14. The molecule has 0 radical (unpaired) electrons. The van der Waals surface area contributed by atoms with Crippen LogP contribution in [0.3, 0.4) is 0 Å². The highest BCUT2D eigenvalue weighted by molar-refractivity contribution is 5.47. The van der Waals surface area contributed by atoms with Crippen LogP contribution < -0.4 is 15.2 Å². The van der Waals surface area contributed by atoms with Crippen molar-refractivity contribution in [1.29, 1.82) is 0 Å². The second-order valence-electron chi connectivity index (χ2n) is 5.16. The molecule has 0 aromatic heterocycles. The zero-order valence-electron chi connectivity index (χ0n) is 10.1. The lowest BCUT2D eigenvalue weighted by Crippen LogP contribution is -2.22. The monoisotopic (exact) mass is 233 g/mol. The minimum Gasteiger partial charge on any atom is -0.490 e. The molecule has 2 aliphatic rings. The van der Waals surface area contributed by atoms with Gasteiger partial charge in [-0.15, -0.1) is 0 Å². The van der Waals surface area contributed by atoms with Crippen LogP contribution in [0.4, 0.5) is 0 Å². The van der Waals surface area contributed by atoms with Crippen LogP contribution in [-0.4, -0.2) is 18.8 Å². The van der Waals surface area contributed by atoms with Gasteiger partial charge in [-0.1, -0.05) is 12.1 Å². The molecule has 92 valence electrons. The van der Waals surface area contributed by atoms with Crippen LogP contribution in [0, 0.1) is 0 Å². The van der Waals surface area contributed by atoms with E-state index >= 15 is 0 Å². The van der Waals surface area contributed by atoms with E-state index in [0.717, 1.165) is 44.0 Å². The molecular formula is C14H19NO2. The average molecular weight is 233 g/mol. The van der Waals surface area contributed by atoms with E-state index in [2.05, 4.69) is 6.07 Å². The summed E-state index contributed by atoms with van der Waals surface area (Å²) in [5, 5.41) is 0. The fourth-order valence-corrected chi connectivity index (χ4v) is 2.25. The smallest absolute Gasteiger partial charge is 0.164 e. The van der Waals surface area contributed by atoms with Gasteiger partial charge in [0.25, 0.3) is 0 Å². The molecule has 0 spiro atoms. The van der Waals surface area contributed by atoms with Crippen molar-refractivity contribution in [3.63, 3.8) is 0 Å². The Hall–Kier alpha value is -1.22. The third kappa shape index (κ3) is 2.39. The summed E-state index contributed by atoms with van der Waals surface area (Å²) in [5.41, 5.74) is 7.47. The van der Waals surface area contributed by atoms with Crippen molar-refractivity contribution in [2.75, 3.05) is 13.2 Å². The Bertz CT molecular complexity index is 413. The number of hydrogen-bond acceptors (Lipinski definition) is 3. The van der Waals surface area contributed by atoms with Gasteiger partial charge in [0.15, 0.2) is 11.5 Å². The third-order valence-electron chi connectivity index (χ3n) is 3.64. The summed E-state index contributed by atoms with van der Waals surface area (Å²) in [6.45, 7) is 1.50. The van der Waals surface area contributed by atoms with E-state index in [4.69, 9.17) is 15.2 Å². The Kier molecular flexibility index (Phi) is 2.71. The topological polar surface area (TPSA) is 44.5 Å². The molecule has 2 N–H and O–H groups in total. The fourth-order valence-electron chi connectivity index (χ4n) is 2.25. The van der Waals surface area contributed by atoms with E-state index in [1.54, 1.807) is 0 Å². The van der Waals surface area contributed by atoms with Gasteiger partial charge in [0.05, 0.1) is 13.2 Å². The number of hydrogen-bond donors (Lipinski definition) is 1. The van der Waals surface area contributed by atoms with Crippen LogP contribution in [0.15, 0.2) is 18.2 Å². The average Bonchev–Trinajstić information content (AvgIpc) is 3.10. The van der Waals surface area contributed by atoms with E-state index in [1.165, 1.54) is 18.4 Å². The van der Waals surface area contributed by atoms with Gasteiger partial charge in [-0.2, -0.15) is 0 Å². The molecule has 0 amide bonds.